The van der Waals surface area contributed by atoms with E-state index in [1.165, 1.54) is 77.0 Å². The summed E-state index contributed by atoms with van der Waals surface area (Å²) in [6.07, 6.45) is 19.2. The molecule has 0 atom stereocenters. The van der Waals surface area contributed by atoms with E-state index in [2.05, 4.69) is 35.7 Å². The molecule has 48 heavy (non-hydrogen) atoms. The molecule has 0 amide bonds. The molecule has 3 saturated carbocycles. The van der Waals surface area contributed by atoms with Crippen molar-refractivity contribution in [2.75, 3.05) is 87.7 Å². The van der Waals surface area contributed by atoms with Crippen LogP contribution in [0.25, 0.3) is 0 Å². The highest BCUT2D eigenvalue weighted by molar-refractivity contribution is 7.53. The van der Waals surface area contributed by atoms with Crippen LogP contribution < -0.4 is 26.6 Å². The molecule has 2 heterocycles. The highest BCUT2D eigenvalue weighted by Gasteiger charge is 2.44. The summed E-state index contributed by atoms with van der Waals surface area (Å²) < 4.78 is 24.1. The number of nitrogens with zero attached hydrogens (tertiary/aromatic N) is 5. The molecule has 5 rings (SSSR count). The zero-order chi connectivity index (χ0) is 33.7. The molecule has 1 saturated heterocycles. The van der Waals surface area contributed by atoms with Crippen molar-refractivity contribution in [2.45, 2.75) is 122 Å². The minimum absolute atomic E-state index is 0.0772. The van der Waals surface area contributed by atoms with Gasteiger partial charge in [0.1, 0.15) is 0 Å². The molecule has 0 aromatic carbocycles. The lowest BCUT2D eigenvalue weighted by Crippen LogP contribution is -2.61. The Balaban J connectivity index is 1.03. The van der Waals surface area contributed by atoms with E-state index in [4.69, 9.17) is 19.8 Å². The van der Waals surface area contributed by atoms with Crippen LogP contribution in [0.4, 0.5) is 17.8 Å². The fraction of sp³-hybridized carbons (Fsp3) is 0.914. The van der Waals surface area contributed by atoms with E-state index in [0.717, 1.165) is 83.6 Å². The third-order valence-electron chi connectivity index (χ3n) is 11.3. The molecule has 13 heteroatoms. The smallest absolute Gasteiger partial charge is 0.330 e. The number of nitrogens with one attached hydrogen (secondary N) is 3. The Morgan fingerprint density at radius 2 is 1.56 bits per heavy atom. The van der Waals surface area contributed by atoms with E-state index in [9.17, 15) is 4.57 Å². The Morgan fingerprint density at radius 1 is 0.854 bits per heavy atom. The van der Waals surface area contributed by atoms with Crippen molar-refractivity contribution in [3.05, 3.63) is 0 Å². The van der Waals surface area contributed by atoms with Crippen LogP contribution in [0.5, 0.6) is 0 Å². The first-order chi connectivity index (χ1) is 23.4. The SMILES string of the molecule is CCOP(=O)(CCCN1CCN(c2nc(N)nc(NC[C@H]3CC[C@H](CNCCCNC4CCCCC4)CC3)n2)CC12CCCC2)OCC. The molecule has 5 N–H and O–H groups in total. The first kappa shape index (κ1) is 37.7. The second-order valence-electron chi connectivity index (χ2n) is 14.8. The lowest BCUT2D eigenvalue weighted by molar-refractivity contribution is 0.0768. The molecule has 4 aliphatic rings. The number of nitrogens with two attached hydrogens (primary N) is 1. The highest BCUT2D eigenvalue weighted by atomic mass is 31.2. The van der Waals surface area contributed by atoms with Gasteiger partial charge in [0.25, 0.3) is 0 Å². The molecule has 0 bridgehead atoms. The van der Waals surface area contributed by atoms with Crippen molar-refractivity contribution < 1.29 is 13.6 Å². The summed E-state index contributed by atoms with van der Waals surface area (Å²) in [5, 5.41) is 11.0. The molecule has 0 radical (unpaired) electrons. The quantitative estimate of drug-likeness (QED) is 0.105. The van der Waals surface area contributed by atoms with E-state index < -0.39 is 7.60 Å². The van der Waals surface area contributed by atoms with Crippen LogP contribution in [0.2, 0.25) is 0 Å². The lowest BCUT2D eigenvalue weighted by Gasteiger charge is -2.49. The molecular formula is C35H66N9O3P. The summed E-state index contributed by atoms with van der Waals surface area (Å²) in [6.45, 7) is 12.3. The van der Waals surface area contributed by atoms with Gasteiger partial charge in [0, 0.05) is 37.8 Å². The minimum Gasteiger partial charge on any atom is -0.368 e. The van der Waals surface area contributed by atoms with Gasteiger partial charge in [0.2, 0.25) is 17.8 Å². The van der Waals surface area contributed by atoms with Gasteiger partial charge < -0.3 is 35.6 Å². The molecule has 3 aliphatic carbocycles. The summed E-state index contributed by atoms with van der Waals surface area (Å²) >= 11 is 0. The fourth-order valence-corrected chi connectivity index (χ4v) is 10.3. The van der Waals surface area contributed by atoms with Crippen molar-refractivity contribution in [1.82, 2.24) is 30.5 Å². The number of hydrogen-bond donors (Lipinski definition) is 4. The maximum atomic E-state index is 13.0. The van der Waals surface area contributed by atoms with Crippen LogP contribution in [0.15, 0.2) is 0 Å². The summed E-state index contributed by atoms with van der Waals surface area (Å²) in [5.41, 5.74) is 6.31. The fourth-order valence-electron chi connectivity index (χ4n) is 8.66. The maximum absolute atomic E-state index is 13.0. The summed E-state index contributed by atoms with van der Waals surface area (Å²) in [7, 11) is -3.02. The van der Waals surface area contributed by atoms with Crippen molar-refractivity contribution >= 4 is 25.4 Å². The van der Waals surface area contributed by atoms with Gasteiger partial charge in [0.15, 0.2) is 0 Å². The maximum Gasteiger partial charge on any atom is 0.330 e. The average molecular weight is 692 g/mol. The first-order valence-electron chi connectivity index (χ1n) is 19.5. The summed E-state index contributed by atoms with van der Waals surface area (Å²) in [4.78, 5) is 18.8. The van der Waals surface area contributed by atoms with Crippen molar-refractivity contribution in [3.63, 3.8) is 0 Å². The second kappa shape index (κ2) is 19.2. The molecule has 1 spiro atoms. The molecule has 1 aromatic rings. The predicted octanol–water partition coefficient (Wildman–Crippen LogP) is 5.67. The Kier molecular flexibility index (Phi) is 15.0. The number of hydrogen-bond acceptors (Lipinski definition) is 12. The van der Waals surface area contributed by atoms with Crippen LogP contribution in [0.1, 0.15) is 110 Å². The summed E-state index contributed by atoms with van der Waals surface area (Å²) in [6, 6.07) is 0.765. The van der Waals surface area contributed by atoms with Crippen LogP contribution in [-0.2, 0) is 13.6 Å². The zero-order valence-corrected chi connectivity index (χ0v) is 31.0. The van der Waals surface area contributed by atoms with Gasteiger partial charge in [-0.25, -0.2) is 0 Å². The molecular weight excluding hydrogens is 625 g/mol. The van der Waals surface area contributed by atoms with Crippen molar-refractivity contribution in [3.8, 4) is 0 Å². The Bertz CT molecular complexity index is 1120. The van der Waals surface area contributed by atoms with E-state index in [1.807, 2.05) is 13.8 Å². The van der Waals surface area contributed by atoms with Crippen LogP contribution >= 0.6 is 7.60 Å². The highest BCUT2D eigenvalue weighted by Crippen LogP contribution is 2.49. The topological polar surface area (TPSA) is 143 Å². The van der Waals surface area contributed by atoms with Gasteiger partial charge in [-0.1, -0.05) is 32.1 Å². The Morgan fingerprint density at radius 3 is 2.27 bits per heavy atom. The average Bonchev–Trinajstić information content (AvgIpc) is 3.55. The monoisotopic (exact) mass is 692 g/mol. The minimum atomic E-state index is -3.02. The predicted molar refractivity (Wildman–Crippen MR) is 196 cm³/mol. The summed E-state index contributed by atoms with van der Waals surface area (Å²) in [5.74, 6) is 2.96. The van der Waals surface area contributed by atoms with Gasteiger partial charge in [-0.2, -0.15) is 15.0 Å². The first-order valence-corrected chi connectivity index (χ1v) is 21.2. The normalized spacial score (nSPS) is 24.0. The van der Waals surface area contributed by atoms with Gasteiger partial charge >= 0.3 is 7.60 Å². The largest absolute Gasteiger partial charge is 0.368 e. The molecule has 0 unspecified atom stereocenters. The lowest BCUT2D eigenvalue weighted by atomic mass is 9.82. The van der Waals surface area contributed by atoms with Gasteiger partial charge in [-0.05, 0) is 116 Å². The van der Waals surface area contributed by atoms with E-state index >= 15 is 0 Å². The molecule has 1 aromatic heterocycles. The zero-order valence-electron chi connectivity index (χ0n) is 30.1. The molecule has 4 fully saturated rings. The number of nitrogen functional groups attached to an aromatic ring is 1. The van der Waals surface area contributed by atoms with E-state index in [1.54, 1.807) is 0 Å². The van der Waals surface area contributed by atoms with Crippen molar-refractivity contribution in [1.29, 1.82) is 0 Å². The van der Waals surface area contributed by atoms with Crippen LogP contribution in [0.3, 0.4) is 0 Å². The third-order valence-corrected chi connectivity index (χ3v) is 13.4. The van der Waals surface area contributed by atoms with Gasteiger partial charge in [0.05, 0.1) is 19.4 Å². The molecule has 274 valence electrons. The number of aromatic nitrogens is 3. The Labute approximate surface area is 290 Å². The standard InChI is InChI=1S/C35H66N9O3P/c1-3-46-48(45,47-4-2)25-11-22-44-24-23-43(28-35(44)18-8-9-19-35)34-41-32(36)40-33(42-34)39-27-30-16-14-29(15-17-30)26-37-20-10-21-38-31-12-6-5-7-13-31/h29-31,37-38H,3-28H2,1-2H3,(H3,36,39,40,41,42)/t29-,30-. The second-order valence-corrected chi connectivity index (χ2v) is 17.0. The molecule has 1 aliphatic heterocycles. The van der Waals surface area contributed by atoms with Crippen LogP contribution in [0, 0.1) is 11.8 Å². The van der Waals surface area contributed by atoms with E-state index in [0.29, 0.717) is 37.2 Å². The van der Waals surface area contributed by atoms with Crippen LogP contribution in [-0.4, -0.2) is 103 Å². The van der Waals surface area contributed by atoms with E-state index in [-0.39, 0.29) is 11.5 Å². The van der Waals surface area contributed by atoms with Crippen molar-refractivity contribution in [2.24, 2.45) is 11.8 Å². The number of piperazine rings is 1. The number of rotatable bonds is 19. The molecule has 12 nitrogen and oxygen atoms in total. The van der Waals surface area contributed by atoms with Gasteiger partial charge in [-0.15, -0.1) is 0 Å². The number of anilines is 3. The Hall–Kier alpha value is -1.56. The third kappa shape index (κ3) is 11.2. The van der Waals surface area contributed by atoms with Gasteiger partial charge in [-0.3, -0.25) is 9.46 Å².